The Morgan fingerprint density at radius 1 is 1.21 bits per heavy atom. The normalized spacial score (nSPS) is 10.6. The average Bonchev–Trinajstić information content (AvgIpc) is 2.17. The van der Waals surface area contributed by atoms with Gasteiger partial charge in [0.1, 0.15) is 0 Å². The van der Waals surface area contributed by atoms with E-state index in [4.69, 9.17) is 0 Å². The summed E-state index contributed by atoms with van der Waals surface area (Å²) in [5, 5.41) is 0. The number of rotatable bonds is 7. The van der Waals surface area contributed by atoms with E-state index < -0.39 is 0 Å². The molecule has 0 spiro atoms. The van der Waals surface area contributed by atoms with Crippen LogP contribution in [0.5, 0.6) is 0 Å². The van der Waals surface area contributed by atoms with Crippen LogP contribution in [0.2, 0.25) is 0 Å². The van der Waals surface area contributed by atoms with Gasteiger partial charge in [0.25, 0.3) is 0 Å². The van der Waals surface area contributed by atoms with E-state index in [1.54, 1.807) is 11.8 Å². The molecule has 0 radical (unpaired) electrons. The molecule has 0 aliphatic heterocycles. The van der Waals surface area contributed by atoms with Crippen LogP contribution >= 0.6 is 0 Å². The lowest BCUT2D eigenvalue weighted by Crippen LogP contribution is -2.24. The Balaban J connectivity index is 3.41. The highest BCUT2D eigenvalue weighted by Crippen LogP contribution is 2.15. The molecule has 0 aliphatic carbocycles. The third-order valence-electron chi connectivity index (χ3n) is 3.05. The Morgan fingerprint density at radius 3 is 2.21 bits per heavy atom. The smallest absolute Gasteiger partial charge is 0.219 e. The van der Waals surface area contributed by atoms with Gasteiger partial charge in [-0.3, -0.25) is 4.79 Å². The van der Waals surface area contributed by atoms with Crippen LogP contribution in [-0.2, 0) is 4.79 Å². The molecule has 0 saturated heterocycles. The maximum Gasteiger partial charge on any atom is 0.219 e. The summed E-state index contributed by atoms with van der Waals surface area (Å²) >= 11 is 0. The lowest BCUT2D eigenvalue weighted by Gasteiger charge is -2.16. The number of carbonyl (C=O) groups excluding carboxylic acids is 1. The monoisotopic (exact) mass is 199 g/mol. The van der Waals surface area contributed by atoms with Gasteiger partial charge in [-0.1, -0.05) is 39.5 Å². The molecule has 0 aromatic carbocycles. The van der Waals surface area contributed by atoms with Crippen LogP contribution < -0.4 is 0 Å². The molecular formula is C12H25NO. The Kier molecular flexibility index (Phi) is 7.54. The molecule has 0 rings (SSSR count). The molecule has 2 nitrogen and oxygen atoms in total. The minimum absolute atomic E-state index is 0.174. The van der Waals surface area contributed by atoms with E-state index in [1.807, 2.05) is 7.05 Å². The van der Waals surface area contributed by atoms with Crippen molar-refractivity contribution in [1.29, 1.82) is 0 Å². The summed E-state index contributed by atoms with van der Waals surface area (Å²) in [6.45, 7) is 7.06. The van der Waals surface area contributed by atoms with E-state index >= 15 is 0 Å². The van der Waals surface area contributed by atoms with Crippen LogP contribution in [0.25, 0.3) is 0 Å². The first-order chi connectivity index (χ1) is 6.61. The highest BCUT2D eigenvalue weighted by Gasteiger charge is 2.04. The van der Waals surface area contributed by atoms with Crippen LogP contribution in [0.1, 0.15) is 52.9 Å². The molecule has 0 atom stereocenters. The first kappa shape index (κ1) is 13.5. The lowest BCUT2D eigenvalue weighted by atomic mass is 9.97. The summed E-state index contributed by atoms with van der Waals surface area (Å²) in [6, 6.07) is 0. The Morgan fingerprint density at radius 2 is 1.79 bits per heavy atom. The average molecular weight is 199 g/mol. The molecule has 0 heterocycles. The van der Waals surface area contributed by atoms with Crippen molar-refractivity contribution in [3.05, 3.63) is 0 Å². The first-order valence-electron chi connectivity index (χ1n) is 5.83. The summed E-state index contributed by atoms with van der Waals surface area (Å²) in [5.41, 5.74) is 0. The standard InChI is InChI=1S/C12H25NO/c1-5-12(6-2)9-7-8-10-13(4)11(3)14/h12H,5-10H2,1-4H3. The minimum atomic E-state index is 0.174. The molecule has 0 aliphatic rings. The van der Waals surface area contributed by atoms with Crippen molar-refractivity contribution in [2.24, 2.45) is 5.92 Å². The van der Waals surface area contributed by atoms with Crippen LogP contribution in [0.4, 0.5) is 0 Å². The van der Waals surface area contributed by atoms with Crippen molar-refractivity contribution >= 4 is 5.91 Å². The van der Waals surface area contributed by atoms with E-state index in [0.29, 0.717) is 0 Å². The van der Waals surface area contributed by atoms with E-state index in [2.05, 4.69) is 13.8 Å². The highest BCUT2D eigenvalue weighted by molar-refractivity contribution is 5.72. The molecule has 0 saturated carbocycles. The van der Waals surface area contributed by atoms with Crippen LogP contribution in [0.15, 0.2) is 0 Å². The van der Waals surface area contributed by atoms with E-state index in [1.165, 1.54) is 25.7 Å². The van der Waals surface area contributed by atoms with Gasteiger partial charge in [-0.25, -0.2) is 0 Å². The number of amides is 1. The zero-order valence-electron chi connectivity index (χ0n) is 10.2. The number of unbranched alkanes of at least 4 members (excludes halogenated alkanes) is 1. The van der Waals surface area contributed by atoms with Gasteiger partial charge in [-0.05, 0) is 12.3 Å². The summed E-state index contributed by atoms with van der Waals surface area (Å²) < 4.78 is 0. The highest BCUT2D eigenvalue weighted by atomic mass is 16.2. The molecule has 0 aromatic rings. The Bertz CT molecular complexity index is 152. The quantitative estimate of drug-likeness (QED) is 0.577. The van der Waals surface area contributed by atoms with Gasteiger partial charge in [0.05, 0.1) is 0 Å². The van der Waals surface area contributed by atoms with Crippen LogP contribution in [0.3, 0.4) is 0 Å². The summed E-state index contributed by atoms with van der Waals surface area (Å²) in [4.78, 5) is 12.7. The van der Waals surface area contributed by atoms with Crippen molar-refractivity contribution in [3.8, 4) is 0 Å². The number of hydrogen-bond donors (Lipinski definition) is 0. The summed E-state index contributed by atoms with van der Waals surface area (Å²) in [5.74, 6) is 1.06. The second-order valence-corrected chi connectivity index (χ2v) is 4.12. The summed E-state index contributed by atoms with van der Waals surface area (Å²) in [6.07, 6.45) is 6.30. The van der Waals surface area contributed by atoms with Gasteiger partial charge in [0.15, 0.2) is 0 Å². The van der Waals surface area contributed by atoms with Gasteiger partial charge in [0, 0.05) is 20.5 Å². The Labute approximate surface area is 88.7 Å². The van der Waals surface area contributed by atoms with Crippen molar-refractivity contribution in [2.75, 3.05) is 13.6 Å². The third-order valence-corrected chi connectivity index (χ3v) is 3.05. The van der Waals surface area contributed by atoms with E-state index in [9.17, 15) is 4.79 Å². The van der Waals surface area contributed by atoms with Crippen LogP contribution in [-0.4, -0.2) is 24.4 Å². The van der Waals surface area contributed by atoms with Crippen molar-refractivity contribution in [1.82, 2.24) is 4.90 Å². The van der Waals surface area contributed by atoms with E-state index in [0.717, 1.165) is 18.9 Å². The predicted molar refractivity (Wildman–Crippen MR) is 61.2 cm³/mol. The molecule has 0 bridgehead atoms. The fourth-order valence-corrected chi connectivity index (χ4v) is 1.64. The van der Waals surface area contributed by atoms with Crippen molar-refractivity contribution in [3.63, 3.8) is 0 Å². The number of hydrogen-bond acceptors (Lipinski definition) is 1. The minimum Gasteiger partial charge on any atom is -0.346 e. The topological polar surface area (TPSA) is 20.3 Å². The van der Waals surface area contributed by atoms with Gasteiger partial charge in [-0.2, -0.15) is 0 Å². The van der Waals surface area contributed by atoms with Gasteiger partial charge >= 0.3 is 0 Å². The largest absolute Gasteiger partial charge is 0.346 e. The lowest BCUT2D eigenvalue weighted by molar-refractivity contribution is -0.127. The SMILES string of the molecule is CCC(CC)CCCCN(C)C(C)=O. The molecule has 0 aromatic heterocycles. The molecule has 2 heteroatoms. The molecular weight excluding hydrogens is 174 g/mol. The molecule has 14 heavy (non-hydrogen) atoms. The Hall–Kier alpha value is -0.530. The summed E-state index contributed by atoms with van der Waals surface area (Å²) in [7, 11) is 1.87. The zero-order chi connectivity index (χ0) is 11.0. The van der Waals surface area contributed by atoms with Crippen LogP contribution in [0, 0.1) is 5.92 Å². The third kappa shape index (κ3) is 6.01. The second kappa shape index (κ2) is 7.84. The first-order valence-corrected chi connectivity index (χ1v) is 5.83. The molecule has 1 amide bonds. The van der Waals surface area contributed by atoms with Gasteiger partial charge in [-0.15, -0.1) is 0 Å². The van der Waals surface area contributed by atoms with Crippen molar-refractivity contribution < 1.29 is 4.79 Å². The predicted octanol–water partition coefficient (Wildman–Crippen LogP) is 3.07. The molecule has 84 valence electrons. The zero-order valence-corrected chi connectivity index (χ0v) is 10.2. The second-order valence-electron chi connectivity index (χ2n) is 4.12. The number of nitrogens with zero attached hydrogens (tertiary/aromatic N) is 1. The maximum absolute atomic E-state index is 10.9. The van der Waals surface area contributed by atoms with E-state index in [-0.39, 0.29) is 5.91 Å². The molecule has 0 N–H and O–H groups in total. The molecule has 0 unspecified atom stereocenters. The number of carbonyl (C=O) groups is 1. The maximum atomic E-state index is 10.9. The van der Waals surface area contributed by atoms with Crippen molar-refractivity contribution in [2.45, 2.75) is 52.9 Å². The fraction of sp³-hybridized carbons (Fsp3) is 0.917. The fourth-order valence-electron chi connectivity index (χ4n) is 1.64. The van der Waals surface area contributed by atoms with Gasteiger partial charge < -0.3 is 4.90 Å². The van der Waals surface area contributed by atoms with Gasteiger partial charge in [0.2, 0.25) is 5.91 Å². The molecule has 0 fully saturated rings.